The second kappa shape index (κ2) is 15.0. The van der Waals surface area contributed by atoms with E-state index in [1.54, 1.807) is 4.90 Å². The van der Waals surface area contributed by atoms with Crippen LogP contribution in [0.1, 0.15) is 81.6 Å². The van der Waals surface area contributed by atoms with Gasteiger partial charge < -0.3 is 18.8 Å². The molecule has 2 aliphatic heterocycles. The summed E-state index contributed by atoms with van der Waals surface area (Å²) in [6, 6.07) is 0.924. The van der Waals surface area contributed by atoms with Gasteiger partial charge in [0.05, 0.1) is 6.61 Å². The van der Waals surface area contributed by atoms with Crippen molar-refractivity contribution in [2.45, 2.75) is 129 Å². The number of carbonyl (C=O) groups excluding carboxylic acids is 2. The number of hydrogen-bond donors (Lipinski definition) is 0. The smallest absolute Gasteiger partial charge is 0.414 e. The number of hydrogen-bond acceptors (Lipinski definition) is 5. The van der Waals surface area contributed by atoms with Gasteiger partial charge in [-0.3, -0.25) is 4.90 Å². The number of fused-ring (bicyclic) bond motifs is 1. The summed E-state index contributed by atoms with van der Waals surface area (Å²) in [5.74, 6) is 3.08. The Labute approximate surface area is 265 Å². The molecule has 0 aromatic rings. The number of piperidine rings is 1. The van der Waals surface area contributed by atoms with Crippen LogP contribution in [0.5, 0.6) is 0 Å². The van der Waals surface area contributed by atoms with Crippen molar-refractivity contribution in [3.63, 3.8) is 0 Å². The van der Waals surface area contributed by atoms with Gasteiger partial charge in [0.15, 0.2) is 8.32 Å². The van der Waals surface area contributed by atoms with Gasteiger partial charge in [0.2, 0.25) is 0 Å². The molecular weight excluding hydrogens is 573 g/mol. The van der Waals surface area contributed by atoms with Crippen molar-refractivity contribution < 1.29 is 23.5 Å². The highest BCUT2D eigenvalue weighted by Crippen LogP contribution is 2.48. The maximum Gasteiger partial charge on any atom is 0.414 e. The second-order valence-electron chi connectivity index (χ2n) is 16.1. The fourth-order valence-corrected chi connectivity index (χ4v) is 13.7. The van der Waals surface area contributed by atoms with E-state index in [2.05, 4.69) is 73.2 Å². The summed E-state index contributed by atoms with van der Waals surface area (Å²) in [4.78, 5) is 30.3. The van der Waals surface area contributed by atoms with E-state index in [1.807, 2.05) is 31.9 Å². The van der Waals surface area contributed by atoms with Crippen LogP contribution in [-0.4, -0.2) is 76.8 Å². The Balaban J connectivity index is 2.39. The Kier molecular flexibility index (Phi) is 13.1. The fraction of sp³-hybridized carbons (Fsp3) is 0.824. The van der Waals surface area contributed by atoms with E-state index in [0.717, 1.165) is 18.9 Å². The van der Waals surface area contributed by atoms with Gasteiger partial charge in [0.25, 0.3) is 0 Å². The Hall–Kier alpha value is -1.77. The molecule has 3 atom stereocenters. The molecule has 0 aromatic heterocycles. The maximum absolute atomic E-state index is 13.5. The average Bonchev–Trinajstić information content (AvgIpc) is 2.85. The molecule has 2 rings (SSSR count). The van der Waals surface area contributed by atoms with E-state index in [9.17, 15) is 9.59 Å². The van der Waals surface area contributed by atoms with E-state index in [1.165, 1.54) is 0 Å². The van der Waals surface area contributed by atoms with Crippen molar-refractivity contribution in [3.05, 3.63) is 12.3 Å². The molecule has 246 valence electrons. The van der Waals surface area contributed by atoms with Gasteiger partial charge in [-0.1, -0.05) is 67.3 Å². The van der Waals surface area contributed by atoms with E-state index in [4.69, 9.17) is 20.3 Å². The molecule has 0 radical (unpaired) electrons. The van der Waals surface area contributed by atoms with Gasteiger partial charge in [-0.25, -0.2) is 9.59 Å². The summed E-state index contributed by atoms with van der Waals surface area (Å²) < 4.78 is 18.5. The molecule has 0 aliphatic carbocycles. The fourth-order valence-electron chi connectivity index (χ4n) is 7.51. The van der Waals surface area contributed by atoms with Crippen LogP contribution >= 0.6 is 0 Å². The molecule has 9 heteroatoms. The average molecular weight is 635 g/mol. The van der Waals surface area contributed by atoms with Gasteiger partial charge in [-0.2, -0.15) is 0 Å². The van der Waals surface area contributed by atoms with Crippen molar-refractivity contribution in [3.8, 4) is 12.3 Å². The predicted octanol–water partition coefficient (Wildman–Crippen LogP) is 8.76. The van der Waals surface area contributed by atoms with Crippen molar-refractivity contribution in [2.75, 3.05) is 32.8 Å². The van der Waals surface area contributed by atoms with E-state index in [0.29, 0.717) is 55.9 Å². The van der Waals surface area contributed by atoms with Crippen molar-refractivity contribution in [1.29, 1.82) is 0 Å². The van der Waals surface area contributed by atoms with Crippen LogP contribution in [0.3, 0.4) is 0 Å². The third-order valence-corrected chi connectivity index (χ3v) is 17.2. The first kappa shape index (κ1) is 37.4. The first-order valence-corrected chi connectivity index (χ1v) is 22.3. The number of nitrogens with zero attached hydrogens (tertiary/aromatic N) is 2. The predicted molar refractivity (Wildman–Crippen MR) is 182 cm³/mol. The standard InChI is InChI=1S/C34H62N2O5Si2/c1-14-16-29-23-36(31(37)39-21-22-42(11,12)13)25-34(18-15-20-40-43(26(2)3,27(4)5)28(6)7)24-35(19-17-30(29)34)32(38)41-33(8,9)10/h1,17,19,26-30H,15-16,18,20-25H2,2-13H3/t29-,30-,34+/m1/s1. The summed E-state index contributed by atoms with van der Waals surface area (Å²) in [7, 11) is -3.36. The molecule has 0 spiro atoms. The highest BCUT2D eigenvalue weighted by molar-refractivity contribution is 6.77. The molecule has 1 fully saturated rings. The first-order valence-electron chi connectivity index (χ1n) is 16.4. The largest absolute Gasteiger partial charge is 0.450 e. The highest BCUT2D eigenvalue weighted by Gasteiger charge is 2.51. The second-order valence-corrected chi connectivity index (χ2v) is 27.2. The minimum absolute atomic E-state index is 0.0803. The van der Waals surface area contributed by atoms with Gasteiger partial charge in [0, 0.05) is 52.4 Å². The number of likely N-dealkylation sites (tertiary alicyclic amines) is 1. The lowest BCUT2D eigenvalue weighted by atomic mass is 9.62. The summed E-state index contributed by atoms with van der Waals surface area (Å²) in [5.41, 5.74) is 0.537. The molecule has 0 bridgehead atoms. The first-order chi connectivity index (χ1) is 19.8. The highest BCUT2D eigenvalue weighted by atomic mass is 28.4. The summed E-state index contributed by atoms with van der Waals surface area (Å²) in [6.45, 7) is 29.0. The topological polar surface area (TPSA) is 68.3 Å². The Morgan fingerprint density at radius 3 is 2.12 bits per heavy atom. The van der Waals surface area contributed by atoms with E-state index < -0.39 is 22.0 Å². The van der Waals surface area contributed by atoms with E-state index in [-0.39, 0.29) is 29.4 Å². The molecule has 43 heavy (non-hydrogen) atoms. The molecular formula is C34H62N2O5Si2. The normalized spacial score (nSPS) is 23.0. The van der Waals surface area contributed by atoms with Crippen LogP contribution in [0.2, 0.25) is 42.3 Å². The molecule has 0 saturated carbocycles. The Morgan fingerprint density at radius 2 is 1.60 bits per heavy atom. The lowest BCUT2D eigenvalue weighted by Crippen LogP contribution is -2.60. The maximum atomic E-state index is 13.5. The van der Waals surface area contributed by atoms with Crippen molar-refractivity contribution >= 4 is 28.6 Å². The minimum Gasteiger partial charge on any atom is -0.450 e. The SMILES string of the molecule is C#CC[C@@H]1CN(C(=O)OCC[Si](C)(C)C)C[C@]2(CCCO[Si](C(C)C)(C(C)C)C(C)C)CN(C(=O)OC(C)(C)C)C=C[C@H]12. The number of carbonyl (C=O) groups is 2. The van der Waals surface area contributed by atoms with Crippen LogP contribution in [0.25, 0.3) is 0 Å². The number of allylic oxidation sites excluding steroid dienone is 1. The third-order valence-electron chi connectivity index (χ3n) is 9.36. The molecule has 2 aliphatic rings. The van der Waals surface area contributed by atoms with E-state index >= 15 is 0 Å². The number of rotatable bonds is 12. The molecule has 1 saturated heterocycles. The van der Waals surface area contributed by atoms with Crippen LogP contribution in [0.15, 0.2) is 12.3 Å². The lowest BCUT2D eigenvalue weighted by Gasteiger charge is -2.54. The van der Waals surface area contributed by atoms with Gasteiger partial charge >= 0.3 is 12.2 Å². The van der Waals surface area contributed by atoms with Gasteiger partial charge in [-0.15, -0.1) is 12.3 Å². The number of amides is 2. The van der Waals surface area contributed by atoms with Crippen LogP contribution in [0, 0.1) is 29.6 Å². The zero-order valence-electron chi connectivity index (χ0n) is 29.4. The molecule has 7 nitrogen and oxygen atoms in total. The zero-order valence-corrected chi connectivity index (χ0v) is 31.4. The molecule has 0 unspecified atom stereocenters. The molecule has 2 amide bonds. The molecule has 0 aromatic carbocycles. The van der Waals surface area contributed by atoms with Gasteiger partial charge in [0.1, 0.15) is 5.60 Å². The van der Waals surface area contributed by atoms with Gasteiger partial charge in [-0.05, 0) is 68.1 Å². The lowest BCUT2D eigenvalue weighted by molar-refractivity contribution is -0.0338. The van der Waals surface area contributed by atoms with Crippen molar-refractivity contribution in [2.24, 2.45) is 17.3 Å². The summed E-state index contributed by atoms with van der Waals surface area (Å²) in [6.07, 6.45) is 11.4. The molecule has 0 N–H and O–H groups in total. The zero-order chi connectivity index (χ0) is 32.8. The summed E-state index contributed by atoms with van der Waals surface area (Å²) >= 11 is 0. The van der Waals surface area contributed by atoms with Crippen LogP contribution < -0.4 is 0 Å². The third kappa shape index (κ3) is 9.86. The monoisotopic (exact) mass is 634 g/mol. The van der Waals surface area contributed by atoms with Crippen molar-refractivity contribution in [1.82, 2.24) is 9.80 Å². The summed E-state index contributed by atoms with van der Waals surface area (Å²) in [5, 5.41) is 0. The Morgan fingerprint density at radius 1 is 1.00 bits per heavy atom. The number of ether oxygens (including phenoxy) is 2. The van der Waals surface area contributed by atoms with Crippen LogP contribution in [-0.2, 0) is 13.9 Å². The number of terminal acetylenes is 1. The molecule has 2 heterocycles. The minimum atomic E-state index is -2.01. The Bertz CT molecular complexity index is 986. The van der Waals surface area contributed by atoms with Crippen LogP contribution in [0.4, 0.5) is 9.59 Å². The quantitative estimate of drug-likeness (QED) is 0.122.